The van der Waals surface area contributed by atoms with E-state index < -0.39 is 36.6 Å². The molecule has 1 unspecified atom stereocenters. The van der Waals surface area contributed by atoms with E-state index in [1.54, 1.807) is 0 Å². The molecular weight excluding hydrogens is 242 g/mol. The van der Waals surface area contributed by atoms with Gasteiger partial charge in [-0.15, -0.1) is 0 Å². The topological polar surface area (TPSA) is 142 Å². The molecule has 0 radical (unpaired) electrons. The third-order valence-electron chi connectivity index (χ3n) is 2.14. The second kappa shape index (κ2) is 7.49. The van der Waals surface area contributed by atoms with Crippen molar-refractivity contribution in [1.29, 1.82) is 0 Å². The SMILES string of the molecule is CC(C)CC(NC(N)=O)C(=O)N[C@H](CO)C(=O)O. The van der Waals surface area contributed by atoms with E-state index in [4.69, 9.17) is 15.9 Å². The zero-order chi connectivity index (χ0) is 14.3. The van der Waals surface area contributed by atoms with Crippen molar-refractivity contribution in [2.24, 2.45) is 11.7 Å². The van der Waals surface area contributed by atoms with E-state index in [-0.39, 0.29) is 5.92 Å². The summed E-state index contributed by atoms with van der Waals surface area (Å²) in [6, 6.07) is -3.19. The average Bonchev–Trinajstić information content (AvgIpc) is 2.22. The summed E-state index contributed by atoms with van der Waals surface area (Å²) in [7, 11) is 0. The molecule has 0 aromatic heterocycles. The minimum absolute atomic E-state index is 0.102. The van der Waals surface area contributed by atoms with Gasteiger partial charge in [-0.25, -0.2) is 9.59 Å². The van der Waals surface area contributed by atoms with Crippen molar-refractivity contribution < 1.29 is 24.6 Å². The number of urea groups is 1. The Balaban J connectivity index is 4.63. The number of hydrogen-bond acceptors (Lipinski definition) is 4. The number of hydrogen-bond donors (Lipinski definition) is 5. The molecule has 18 heavy (non-hydrogen) atoms. The van der Waals surface area contributed by atoms with Crippen LogP contribution < -0.4 is 16.4 Å². The summed E-state index contributed by atoms with van der Waals surface area (Å²) >= 11 is 0. The minimum atomic E-state index is -1.40. The van der Waals surface area contributed by atoms with Crippen molar-refractivity contribution in [2.45, 2.75) is 32.4 Å². The van der Waals surface area contributed by atoms with Gasteiger partial charge in [-0.1, -0.05) is 13.8 Å². The fourth-order valence-corrected chi connectivity index (χ4v) is 1.33. The lowest BCUT2D eigenvalue weighted by Crippen LogP contribution is -2.54. The molecule has 0 aromatic carbocycles. The average molecular weight is 261 g/mol. The van der Waals surface area contributed by atoms with E-state index in [2.05, 4.69) is 10.6 Å². The molecule has 0 saturated heterocycles. The fraction of sp³-hybridized carbons (Fsp3) is 0.700. The van der Waals surface area contributed by atoms with Gasteiger partial charge in [-0.05, 0) is 12.3 Å². The highest BCUT2D eigenvalue weighted by Gasteiger charge is 2.26. The van der Waals surface area contributed by atoms with E-state index in [0.717, 1.165) is 0 Å². The molecule has 8 heteroatoms. The van der Waals surface area contributed by atoms with Gasteiger partial charge in [0.15, 0.2) is 0 Å². The molecular formula is C10H19N3O5. The number of rotatable bonds is 7. The quantitative estimate of drug-likeness (QED) is 0.384. The smallest absolute Gasteiger partial charge is 0.328 e. The maximum atomic E-state index is 11.7. The summed E-state index contributed by atoms with van der Waals surface area (Å²) in [5.41, 5.74) is 4.93. The summed E-state index contributed by atoms with van der Waals surface area (Å²) in [6.07, 6.45) is 0.312. The number of nitrogens with two attached hydrogens (primary N) is 1. The number of carboxylic acid groups (broad SMARTS) is 1. The third-order valence-corrected chi connectivity index (χ3v) is 2.14. The number of amides is 3. The molecule has 0 saturated carbocycles. The first-order valence-electron chi connectivity index (χ1n) is 5.48. The highest BCUT2D eigenvalue weighted by atomic mass is 16.4. The summed E-state index contributed by atoms with van der Waals surface area (Å²) in [6.45, 7) is 2.94. The Hall–Kier alpha value is -1.83. The van der Waals surface area contributed by atoms with Crippen LogP contribution in [0.4, 0.5) is 4.79 Å². The summed E-state index contributed by atoms with van der Waals surface area (Å²) in [5.74, 6) is -1.94. The van der Waals surface area contributed by atoms with Gasteiger partial charge < -0.3 is 26.6 Å². The maximum Gasteiger partial charge on any atom is 0.328 e. The van der Waals surface area contributed by atoms with Crippen molar-refractivity contribution in [3.63, 3.8) is 0 Å². The molecule has 104 valence electrons. The van der Waals surface area contributed by atoms with Crippen LogP contribution in [0.15, 0.2) is 0 Å². The molecule has 0 heterocycles. The molecule has 0 aromatic rings. The van der Waals surface area contributed by atoms with Crippen LogP contribution in [0, 0.1) is 5.92 Å². The molecule has 0 bridgehead atoms. The van der Waals surface area contributed by atoms with E-state index >= 15 is 0 Å². The normalized spacial score (nSPS) is 13.8. The highest BCUT2D eigenvalue weighted by Crippen LogP contribution is 2.05. The number of carbonyl (C=O) groups is 3. The van der Waals surface area contributed by atoms with Crippen LogP contribution in [0.3, 0.4) is 0 Å². The zero-order valence-corrected chi connectivity index (χ0v) is 10.3. The van der Waals surface area contributed by atoms with Gasteiger partial charge in [0.25, 0.3) is 0 Å². The predicted molar refractivity (Wildman–Crippen MR) is 62.6 cm³/mol. The molecule has 0 spiro atoms. The lowest BCUT2D eigenvalue weighted by atomic mass is 10.0. The first-order chi connectivity index (χ1) is 8.27. The number of aliphatic carboxylic acids is 1. The number of aliphatic hydroxyl groups is 1. The molecule has 8 nitrogen and oxygen atoms in total. The molecule has 0 aliphatic heterocycles. The Morgan fingerprint density at radius 2 is 1.72 bits per heavy atom. The lowest BCUT2D eigenvalue weighted by molar-refractivity contribution is -0.143. The van der Waals surface area contributed by atoms with Crippen molar-refractivity contribution in [3.05, 3.63) is 0 Å². The van der Waals surface area contributed by atoms with E-state index in [9.17, 15) is 14.4 Å². The van der Waals surface area contributed by atoms with Gasteiger partial charge in [-0.3, -0.25) is 4.79 Å². The Morgan fingerprint density at radius 1 is 1.17 bits per heavy atom. The van der Waals surface area contributed by atoms with Gasteiger partial charge in [-0.2, -0.15) is 0 Å². The second-order valence-corrected chi connectivity index (χ2v) is 4.27. The standard InChI is InChI=1S/C10H19N3O5/c1-5(2)3-6(13-10(11)18)8(15)12-7(4-14)9(16)17/h5-7,14H,3-4H2,1-2H3,(H,12,15)(H,16,17)(H3,11,13,18)/t6?,7-/m1/s1. The molecule has 2 atom stereocenters. The first-order valence-corrected chi connectivity index (χ1v) is 5.48. The van der Waals surface area contributed by atoms with Gasteiger partial charge in [0.1, 0.15) is 12.1 Å². The number of carboxylic acids is 1. The summed E-state index contributed by atoms with van der Waals surface area (Å²) in [5, 5.41) is 21.8. The van der Waals surface area contributed by atoms with Gasteiger partial charge in [0, 0.05) is 0 Å². The van der Waals surface area contributed by atoms with E-state index in [1.165, 1.54) is 0 Å². The number of carbonyl (C=O) groups excluding carboxylic acids is 2. The largest absolute Gasteiger partial charge is 0.480 e. The summed E-state index contributed by atoms with van der Waals surface area (Å²) < 4.78 is 0. The number of primary amides is 1. The third kappa shape index (κ3) is 6.04. The highest BCUT2D eigenvalue weighted by molar-refractivity contribution is 5.89. The van der Waals surface area contributed by atoms with Crippen LogP contribution in [0.5, 0.6) is 0 Å². The lowest BCUT2D eigenvalue weighted by Gasteiger charge is -2.21. The maximum absolute atomic E-state index is 11.7. The molecule has 0 rings (SSSR count). The van der Waals surface area contributed by atoms with Crippen molar-refractivity contribution >= 4 is 17.9 Å². The van der Waals surface area contributed by atoms with Gasteiger partial charge >= 0.3 is 12.0 Å². The Morgan fingerprint density at radius 3 is 2.06 bits per heavy atom. The Kier molecular flexibility index (Phi) is 6.73. The summed E-state index contributed by atoms with van der Waals surface area (Å²) in [4.78, 5) is 33.1. The van der Waals surface area contributed by atoms with Crippen LogP contribution in [-0.2, 0) is 9.59 Å². The fourth-order valence-electron chi connectivity index (χ4n) is 1.33. The van der Waals surface area contributed by atoms with Crippen molar-refractivity contribution in [3.8, 4) is 0 Å². The van der Waals surface area contributed by atoms with Crippen LogP contribution in [0.25, 0.3) is 0 Å². The second-order valence-electron chi connectivity index (χ2n) is 4.27. The van der Waals surface area contributed by atoms with Crippen LogP contribution >= 0.6 is 0 Å². The van der Waals surface area contributed by atoms with Crippen molar-refractivity contribution in [1.82, 2.24) is 10.6 Å². The van der Waals surface area contributed by atoms with E-state index in [1.807, 2.05) is 13.8 Å². The molecule has 0 aliphatic rings. The molecule has 0 aliphatic carbocycles. The van der Waals surface area contributed by atoms with Crippen LogP contribution in [0.2, 0.25) is 0 Å². The Bertz CT molecular complexity index is 319. The zero-order valence-electron chi connectivity index (χ0n) is 10.3. The number of nitrogens with one attached hydrogen (secondary N) is 2. The molecule has 6 N–H and O–H groups in total. The Labute approximate surface area is 105 Å². The number of aliphatic hydroxyl groups excluding tert-OH is 1. The first kappa shape index (κ1) is 16.2. The monoisotopic (exact) mass is 261 g/mol. The van der Waals surface area contributed by atoms with Crippen LogP contribution in [0.1, 0.15) is 20.3 Å². The molecule has 3 amide bonds. The predicted octanol–water partition coefficient (Wildman–Crippen LogP) is -1.37. The van der Waals surface area contributed by atoms with E-state index in [0.29, 0.717) is 6.42 Å². The van der Waals surface area contributed by atoms with Crippen LogP contribution in [-0.4, -0.2) is 46.8 Å². The molecule has 0 fully saturated rings. The van der Waals surface area contributed by atoms with Gasteiger partial charge in [0.2, 0.25) is 5.91 Å². The minimum Gasteiger partial charge on any atom is -0.480 e. The van der Waals surface area contributed by atoms with Gasteiger partial charge in [0.05, 0.1) is 6.61 Å². The van der Waals surface area contributed by atoms with Crippen molar-refractivity contribution in [2.75, 3.05) is 6.61 Å².